The van der Waals surface area contributed by atoms with Crippen molar-refractivity contribution in [2.45, 2.75) is 96.2 Å². The van der Waals surface area contributed by atoms with Crippen LogP contribution in [0.2, 0.25) is 18.1 Å². The van der Waals surface area contributed by atoms with Crippen LogP contribution in [0, 0.1) is 0 Å². The molecule has 1 N–H and O–H groups in total. The second kappa shape index (κ2) is 8.51. The molecule has 1 saturated heterocycles. The fraction of sp³-hybridized carbons (Fsp3) is 0.938. The maximum atomic E-state index is 11.4. The first-order chi connectivity index (χ1) is 11.5. The predicted octanol–water partition coefficient (Wildman–Crippen LogP) is 3.50. The van der Waals surface area contributed by atoms with Crippen molar-refractivity contribution in [1.82, 2.24) is 0 Å². The number of aliphatic hydroxyl groups is 1. The molecule has 9 heteroatoms. The van der Waals surface area contributed by atoms with Gasteiger partial charge in [-0.1, -0.05) is 32.3 Å². The van der Waals surface area contributed by atoms with Crippen molar-refractivity contribution in [2.24, 2.45) is 5.11 Å². The zero-order valence-electron chi connectivity index (χ0n) is 16.2. The summed E-state index contributed by atoms with van der Waals surface area (Å²) in [7, 11) is -2.26. The average molecular weight is 374 g/mol. The first kappa shape index (κ1) is 21.9. The van der Waals surface area contributed by atoms with E-state index in [-0.39, 0.29) is 5.04 Å². The van der Waals surface area contributed by atoms with Crippen LogP contribution in [0.25, 0.3) is 10.4 Å². The van der Waals surface area contributed by atoms with Gasteiger partial charge >= 0.3 is 5.97 Å². The third kappa shape index (κ3) is 5.18. The molecule has 0 aromatic heterocycles. The molecule has 0 bridgehead atoms. The SMILES string of the molecule is CCCC(C)(C)[Si](C)(C)O[C@@H]1O[C@@H](C)[C@@H](O)[C@@H](OC(C)=O)[C@@H]1N=[N+]=[N-]. The number of hydrogen-bond acceptors (Lipinski definition) is 6. The van der Waals surface area contributed by atoms with Crippen molar-refractivity contribution in [1.29, 1.82) is 0 Å². The average Bonchev–Trinajstić information content (AvgIpc) is 2.47. The van der Waals surface area contributed by atoms with Gasteiger partial charge < -0.3 is 19.0 Å². The highest BCUT2D eigenvalue weighted by atomic mass is 28.4. The lowest BCUT2D eigenvalue weighted by Crippen LogP contribution is -2.60. The number of carbonyl (C=O) groups excluding carboxylic acids is 1. The predicted molar refractivity (Wildman–Crippen MR) is 96.3 cm³/mol. The Bertz CT molecular complexity index is 522. The molecule has 0 unspecified atom stereocenters. The van der Waals surface area contributed by atoms with Gasteiger partial charge in [-0.25, -0.2) is 0 Å². The summed E-state index contributed by atoms with van der Waals surface area (Å²) in [5.41, 5.74) is 8.92. The maximum Gasteiger partial charge on any atom is 0.303 e. The lowest BCUT2D eigenvalue weighted by atomic mass is 9.98. The van der Waals surface area contributed by atoms with E-state index in [0.717, 1.165) is 12.8 Å². The van der Waals surface area contributed by atoms with Crippen molar-refractivity contribution in [3.05, 3.63) is 10.4 Å². The number of azide groups is 1. The van der Waals surface area contributed by atoms with E-state index in [0.29, 0.717) is 0 Å². The highest BCUT2D eigenvalue weighted by molar-refractivity contribution is 6.74. The molecule has 8 nitrogen and oxygen atoms in total. The molecule has 0 radical (unpaired) electrons. The zero-order valence-corrected chi connectivity index (χ0v) is 17.2. The molecule has 0 aromatic rings. The maximum absolute atomic E-state index is 11.4. The quantitative estimate of drug-likeness (QED) is 0.241. The minimum absolute atomic E-state index is 0.0255. The highest BCUT2D eigenvalue weighted by Crippen LogP contribution is 2.44. The number of ether oxygens (including phenoxy) is 2. The summed E-state index contributed by atoms with van der Waals surface area (Å²) in [6.07, 6.45) is -1.54. The Morgan fingerprint density at radius 1 is 1.44 bits per heavy atom. The van der Waals surface area contributed by atoms with Crippen LogP contribution in [-0.2, 0) is 18.7 Å². The molecule has 25 heavy (non-hydrogen) atoms. The van der Waals surface area contributed by atoms with Crippen molar-refractivity contribution in [3.8, 4) is 0 Å². The molecule has 0 spiro atoms. The summed E-state index contributed by atoms with van der Waals surface area (Å²) in [5, 5.41) is 14.0. The molecular formula is C16H31N3O5Si. The van der Waals surface area contributed by atoms with E-state index in [2.05, 4.69) is 43.9 Å². The molecule has 0 aromatic carbocycles. The standard InChI is InChI=1S/C16H31N3O5Si/c1-8-9-16(4,5)25(6,7)24-15-12(18-19-17)14(23-11(3)20)13(21)10(2)22-15/h10,12-15,21H,8-9H2,1-7H3/t10-,12-,13+,14-,15-/m0/s1. The Kier molecular flexibility index (Phi) is 7.46. The summed E-state index contributed by atoms with van der Waals surface area (Å²) in [4.78, 5) is 14.2. The number of hydrogen-bond donors (Lipinski definition) is 1. The van der Waals surface area contributed by atoms with E-state index >= 15 is 0 Å². The Hall–Kier alpha value is -1.12. The van der Waals surface area contributed by atoms with Gasteiger partial charge in [-0.2, -0.15) is 0 Å². The van der Waals surface area contributed by atoms with E-state index in [1.807, 2.05) is 0 Å². The second-order valence-electron chi connectivity index (χ2n) is 7.73. The van der Waals surface area contributed by atoms with Crippen LogP contribution in [0.1, 0.15) is 47.5 Å². The van der Waals surface area contributed by atoms with Crippen molar-refractivity contribution in [2.75, 3.05) is 0 Å². The fourth-order valence-corrected chi connectivity index (χ4v) is 4.93. The fourth-order valence-electron chi connectivity index (χ4n) is 2.98. The third-order valence-electron chi connectivity index (χ3n) is 5.18. The Balaban J connectivity index is 3.13. The van der Waals surface area contributed by atoms with Crippen molar-refractivity contribution in [3.63, 3.8) is 0 Å². The molecule has 0 saturated carbocycles. The van der Waals surface area contributed by atoms with Crippen LogP contribution in [0.3, 0.4) is 0 Å². The first-order valence-corrected chi connectivity index (χ1v) is 11.6. The first-order valence-electron chi connectivity index (χ1n) is 8.69. The van der Waals surface area contributed by atoms with E-state index in [1.54, 1.807) is 6.92 Å². The molecule has 1 fully saturated rings. The van der Waals surface area contributed by atoms with Crippen LogP contribution in [0.5, 0.6) is 0 Å². The van der Waals surface area contributed by atoms with Crippen LogP contribution >= 0.6 is 0 Å². The lowest BCUT2D eigenvalue weighted by molar-refractivity contribution is -0.237. The van der Waals surface area contributed by atoms with E-state index in [1.165, 1.54) is 6.92 Å². The third-order valence-corrected chi connectivity index (χ3v) is 9.52. The summed E-state index contributed by atoms with van der Waals surface area (Å²) in [6, 6.07) is -0.940. The van der Waals surface area contributed by atoms with Gasteiger partial charge in [0.2, 0.25) is 0 Å². The molecule has 0 amide bonds. The largest absolute Gasteiger partial charge is 0.459 e. The Morgan fingerprint density at radius 3 is 2.52 bits per heavy atom. The minimum atomic E-state index is -2.26. The summed E-state index contributed by atoms with van der Waals surface area (Å²) >= 11 is 0. The van der Waals surface area contributed by atoms with Crippen molar-refractivity contribution >= 4 is 14.3 Å². The second-order valence-corrected chi connectivity index (χ2v) is 12.3. The highest BCUT2D eigenvalue weighted by Gasteiger charge is 2.50. The topological polar surface area (TPSA) is 114 Å². The van der Waals surface area contributed by atoms with Gasteiger partial charge in [-0.05, 0) is 37.0 Å². The van der Waals surface area contributed by atoms with Gasteiger partial charge in [0.15, 0.2) is 14.6 Å². The van der Waals surface area contributed by atoms with Gasteiger partial charge in [0.05, 0.1) is 6.10 Å². The zero-order chi connectivity index (χ0) is 19.4. The molecule has 0 aliphatic carbocycles. The normalized spacial score (nSPS) is 30.5. The molecule has 1 aliphatic heterocycles. The van der Waals surface area contributed by atoms with Crippen LogP contribution in [0.15, 0.2) is 5.11 Å². The number of aliphatic hydroxyl groups excluding tert-OH is 1. The molecule has 5 atom stereocenters. The number of nitrogens with zero attached hydrogens (tertiary/aromatic N) is 3. The van der Waals surface area contributed by atoms with E-state index < -0.39 is 44.9 Å². The number of carbonyl (C=O) groups is 1. The molecule has 1 rings (SSSR count). The monoisotopic (exact) mass is 373 g/mol. The molecule has 144 valence electrons. The molecule has 1 heterocycles. The van der Waals surface area contributed by atoms with Gasteiger partial charge in [0.1, 0.15) is 18.2 Å². The Morgan fingerprint density at radius 2 is 2.04 bits per heavy atom. The summed E-state index contributed by atoms with van der Waals surface area (Å²) in [5.74, 6) is -0.558. The molecule has 1 aliphatic rings. The lowest BCUT2D eigenvalue weighted by Gasteiger charge is -2.47. The van der Waals surface area contributed by atoms with Gasteiger partial charge in [-0.15, -0.1) is 0 Å². The van der Waals surface area contributed by atoms with Crippen LogP contribution in [0.4, 0.5) is 0 Å². The molecular weight excluding hydrogens is 342 g/mol. The van der Waals surface area contributed by atoms with Gasteiger partial charge in [0, 0.05) is 11.8 Å². The summed E-state index contributed by atoms with van der Waals surface area (Å²) < 4.78 is 17.4. The minimum Gasteiger partial charge on any atom is -0.459 e. The Labute approximate surface area is 150 Å². The smallest absolute Gasteiger partial charge is 0.303 e. The van der Waals surface area contributed by atoms with E-state index in [4.69, 9.17) is 19.4 Å². The summed E-state index contributed by atoms with van der Waals surface area (Å²) in [6.45, 7) is 13.6. The van der Waals surface area contributed by atoms with Crippen LogP contribution in [-0.4, -0.2) is 50.0 Å². The number of rotatable bonds is 7. The number of esters is 1. The van der Waals surface area contributed by atoms with Gasteiger partial charge in [-0.3, -0.25) is 4.79 Å². The van der Waals surface area contributed by atoms with Crippen LogP contribution < -0.4 is 0 Å². The van der Waals surface area contributed by atoms with E-state index in [9.17, 15) is 9.90 Å². The van der Waals surface area contributed by atoms with Gasteiger partial charge in [0.25, 0.3) is 0 Å². The van der Waals surface area contributed by atoms with Crippen molar-refractivity contribution < 1.29 is 23.8 Å².